The van der Waals surface area contributed by atoms with E-state index in [0.717, 1.165) is 22.4 Å². The van der Waals surface area contributed by atoms with Crippen LogP contribution in [0, 0.1) is 19.8 Å². The summed E-state index contributed by atoms with van der Waals surface area (Å²) in [7, 11) is -3.70. The van der Waals surface area contributed by atoms with Gasteiger partial charge in [-0.25, -0.2) is 13.6 Å². The molecule has 1 fully saturated rings. The Morgan fingerprint density at radius 2 is 1.64 bits per heavy atom. The molecule has 0 aromatic heterocycles. The second kappa shape index (κ2) is 10.9. The average molecular weight is 473 g/mol. The van der Waals surface area contributed by atoms with Gasteiger partial charge in [0.25, 0.3) is 0 Å². The van der Waals surface area contributed by atoms with Gasteiger partial charge in [0.15, 0.2) is 0 Å². The topological polar surface area (TPSA) is 122 Å². The molecule has 2 amide bonds. The van der Waals surface area contributed by atoms with Crippen LogP contribution in [-0.4, -0.2) is 51.3 Å². The molecular weight excluding hydrogens is 440 g/mol. The molecule has 0 bridgehead atoms. The highest BCUT2D eigenvalue weighted by Gasteiger charge is 2.25. The maximum Gasteiger partial charge on any atom is 0.238 e. The highest BCUT2D eigenvalue weighted by molar-refractivity contribution is 7.89. The number of nitrogens with two attached hydrogens (primary N) is 1. The van der Waals surface area contributed by atoms with Crippen molar-refractivity contribution in [2.75, 3.05) is 31.5 Å². The lowest BCUT2D eigenvalue weighted by molar-refractivity contribution is -0.126. The Morgan fingerprint density at radius 1 is 1.03 bits per heavy atom. The van der Waals surface area contributed by atoms with Gasteiger partial charge in [-0.3, -0.25) is 14.5 Å². The lowest BCUT2D eigenvalue weighted by atomic mass is 9.96. The summed E-state index contributed by atoms with van der Waals surface area (Å²) in [6.07, 6.45) is 2.03. The number of aryl methyl sites for hydroxylation is 2. The number of carbonyl (C=O) groups is 2. The number of sulfonamides is 1. The van der Waals surface area contributed by atoms with Crippen LogP contribution in [0.3, 0.4) is 0 Å². The van der Waals surface area contributed by atoms with Crippen LogP contribution in [0.2, 0.25) is 0 Å². The molecule has 1 saturated heterocycles. The van der Waals surface area contributed by atoms with Crippen molar-refractivity contribution >= 4 is 27.5 Å². The third-order valence-corrected chi connectivity index (χ3v) is 6.73. The number of amides is 2. The fourth-order valence-electron chi connectivity index (χ4n) is 4.12. The molecule has 4 N–H and O–H groups in total. The van der Waals surface area contributed by atoms with Crippen molar-refractivity contribution in [3.05, 3.63) is 59.2 Å². The zero-order valence-corrected chi connectivity index (χ0v) is 20.0. The SMILES string of the molecule is Cc1cc(C)cc(NC(=O)CN2CCC(C(=O)NCCc3ccc(S(N)(=O)=O)cc3)CC2)c1. The highest BCUT2D eigenvalue weighted by Crippen LogP contribution is 2.18. The van der Waals surface area contributed by atoms with Gasteiger partial charge in [-0.1, -0.05) is 18.2 Å². The number of nitrogens with zero attached hydrogens (tertiary/aromatic N) is 1. The van der Waals surface area contributed by atoms with E-state index in [0.29, 0.717) is 45.4 Å². The number of nitrogens with one attached hydrogen (secondary N) is 2. The number of anilines is 1. The van der Waals surface area contributed by atoms with Gasteiger partial charge < -0.3 is 10.6 Å². The standard InChI is InChI=1S/C24H32N4O4S/c1-17-13-18(2)15-21(14-17)27-23(29)16-28-11-8-20(9-12-28)24(30)26-10-7-19-3-5-22(6-4-19)33(25,31)32/h3-6,13-15,20H,7-12,16H2,1-2H3,(H,26,30)(H,27,29)(H2,25,31,32). The first-order valence-electron chi connectivity index (χ1n) is 11.1. The zero-order valence-electron chi connectivity index (χ0n) is 19.1. The first-order chi connectivity index (χ1) is 15.6. The van der Waals surface area contributed by atoms with E-state index in [1.54, 1.807) is 12.1 Å². The molecule has 2 aromatic carbocycles. The Bertz CT molecular complexity index is 1070. The molecule has 0 radical (unpaired) electrons. The third kappa shape index (κ3) is 7.66. The molecule has 0 aliphatic carbocycles. The lowest BCUT2D eigenvalue weighted by Gasteiger charge is -2.30. The second-order valence-electron chi connectivity index (χ2n) is 8.70. The molecule has 0 spiro atoms. The number of rotatable bonds is 8. The van der Waals surface area contributed by atoms with Crippen LogP contribution in [0.5, 0.6) is 0 Å². The van der Waals surface area contributed by atoms with E-state index in [4.69, 9.17) is 5.14 Å². The van der Waals surface area contributed by atoms with Crippen molar-refractivity contribution in [2.45, 2.75) is 38.0 Å². The van der Waals surface area contributed by atoms with E-state index in [1.807, 2.05) is 26.0 Å². The summed E-state index contributed by atoms with van der Waals surface area (Å²) in [5.41, 5.74) is 3.95. The second-order valence-corrected chi connectivity index (χ2v) is 10.3. The monoisotopic (exact) mass is 472 g/mol. The molecule has 0 unspecified atom stereocenters. The Balaban J connectivity index is 1.37. The van der Waals surface area contributed by atoms with Gasteiger partial charge in [-0.2, -0.15) is 0 Å². The number of primary sulfonamides is 1. The number of likely N-dealkylation sites (tertiary alicyclic amines) is 1. The third-order valence-electron chi connectivity index (χ3n) is 5.80. The predicted octanol–water partition coefficient (Wildman–Crippen LogP) is 1.96. The van der Waals surface area contributed by atoms with Gasteiger partial charge in [0, 0.05) is 18.2 Å². The maximum atomic E-state index is 12.5. The fourth-order valence-corrected chi connectivity index (χ4v) is 4.64. The van der Waals surface area contributed by atoms with Crippen LogP contribution >= 0.6 is 0 Å². The van der Waals surface area contributed by atoms with Crippen molar-refractivity contribution < 1.29 is 18.0 Å². The number of hydrogen-bond acceptors (Lipinski definition) is 5. The number of hydrogen-bond donors (Lipinski definition) is 3. The smallest absolute Gasteiger partial charge is 0.238 e. The van der Waals surface area contributed by atoms with Crippen LogP contribution < -0.4 is 15.8 Å². The van der Waals surface area contributed by atoms with Crippen LogP contribution in [0.25, 0.3) is 0 Å². The van der Waals surface area contributed by atoms with Gasteiger partial charge in [0.2, 0.25) is 21.8 Å². The first kappa shape index (κ1) is 24.9. The molecule has 9 heteroatoms. The van der Waals surface area contributed by atoms with Gasteiger partial charge >= 0.3 is 0 Å². The molecular formula is C24H32N4O4S. The van der Waals surface area contributed by atoms with Crippen molar-refractivity contribution in [3.63, 3.8) is 0 Å². The quantitative estimate of drug-likeness (QED) is 0.542. The van der Waals surface area contributed by atoms with E-state index in [1.165, 1.54) is 12.1 Å². The van der Waals surface area contributed by atoms with Crippen LogP contribution in [0.15, 0.2) is 47.4 Å². The highest BCUT2D eigenvalue weighted by atomic mass is 32.2. The Hall–Kier alpha value is -2.75. The van der Waals surface area contributed by atoms with E-state index in [9.17, 15) is 18.0 Å². The van der Waals surface area contributed by atoms with E-state index < -0.39 is 10.0 Å². The maximum absolute atomic E-state index is 12.5. The molecule has 178 valence electrons. The molecule has 3 rings (SSSR count). The molecule has 1 aliphatic rings. The average Bonchev–Trinajstić information content (AvgIpc) is 2.73. The molecule has 0 saturated carbocycles. The largest absolute Gasteiger partial charge is 0.356 e. The Morgan fingerprint density at radius 3 is 2.21 bits per heavy atom. The predicted molar refractivity (Wildman–Crippen MR) is 128 cm³/mol. The summed E-state index contributed by atoms with van der Waals surface area (Å²) in [6, 6.07) is 12.3. The van der Waals surface area contributed by atoms with E-state index in [2.05, 4.69) is 21.6 Å². The molecule has 1 aliphatic heterocycles. The minimum Gasteiger partial charge on any atom is -0.356 e. The molecule has 8 nitrogen and oxygen atoms in total. The Kier molecular flexibility index (Phi) is 8.23. The van der Waals surface area contributed by atoms with Gasteiger partial charge in [-0.15, -0.1) is 0 Å². The van der Waals surface area contributed by atoms with Crippen molar-refractivity contribution in [1.29, 1.82) is 0 Å². The molecule has 1 heterocycles. The summed E-state index contributed by atoms with van der Waals surface area (Å²) in [6.45, 7) is 6.20. The van der Waals surface area contributed by atoms with Crippen molar-refractivity contribution in [1.82, 2.24) is 10.2 Å². The van der Waals surface area contributed by atoms with E-state index >= 15 is 0 Å². The first-order valence-corrected chi connectivity index (χ1v) is 12.6. The van der Waals surface area contributed by atoms with Crippen LogP contribution in [0.4, 0.5) is 5.69 Å². The van der Waals surface area contributed by atoms with Crippen molar-refractivity contribution in [2.24, 2.45) is 11.1 Å². The summed E-state index contributed by atoms with van der Waals surface area (Å²) >= 11 is 0. The minimum atomic E-state index is -3.70. The fraction of sp³-hybridized carbons (Fsp3) is 0.417. The summed E-state index contributed by atoms with van der Waals surface area (Å²) < 4.78 is 22.6. The lowest BCUT2D eigenvalue weighted by Crippen LogP contribution is -2.43. The van der Waals surface area contributed by atoms with Crippen molar-refractivity contribution in [3.8, 4) is 0 Å². The summed E-state index contributed by atoms with van der Waals surface area (Å²) in [4.78, 5) is 27.1. The molecule has 0 atom stereocenters. The van der Waals surface area contributed by atoms with Gasteiger partial charge in [0.1, 0.15) is 0 Å². The number of benzene rings is 2. The normalized spacial score (nSPS) is 15.2. The zero-order chi connectivity index (χ0) is 24.0. The summed E-state index contributed by atoms with van der Waals surface area (Å²) in [5.74, 6) is -0.0830. The minimum absolute atomic E-state index is 0.0236. The Labute approximate surface area is 195 Å². The van der Waals surface area contributed by atoms with Crippen LogP contribution in [0.1, 0.15) is 29.5 Å². The number of carbonyl (C=O) groups excluding carboxylic acids is 2. The summed E-state index contributed by atoms with van der Waals surface area (Å²) in [5, 5.41) is 11.0. The van der Waals surface area contributed by atoms with E-state index in [-0.39, 0.29) is 22.6 Å². The number of piperidine rings is 1. The van der Waals surface area contributed by atoms with Crippen LogP contribution in [-0.2, 0) is 26.0 Å². The van der Waals surface area contributed by atoms with Gasteiger partial charge in [-0.05, 0) is 87.2 Å². The molecule has 33 heavy (non-hydrogen) atoms. The molecule has 2 aromatic rings. The van der Waals surface area contributed by atoms with Gasteiger partial charge in [0.05, 0.1) is 11.4 Å².